The summed E-state index contributed by atoms with van der Waals surface area (Å²) in [5.74, 6) is 2.32. The smallest absolute Gasteiger partial charge is 0.407 e. The van der Waals surface area contributed by atoms with Crippen LogP contribution in [0.15, 0.2) is 58.6 Å². The summed E-state index contributed by atoms with van der Waals surface area (Å²) in [6, 6.07) is 13.1. The molecule has 2 amide bonds. The number of alkyl carbamates (subject to hydrolysis) is 2. The van der Waals surface area contributed by atoms with E-state index in [0.717, 1.165) is 37.4 Å². The molecular formula is C36H48N4O4S2. The van der Waals surface area contributed by atoms with Crippen LogP contribution in [-0.4, -0.2) is 56.1 Å². The third-order valence-electron chi connectivity index (χ3n) is 7.67. The quantitative estimate of drug-likeness (QED) is 0.215. The van der Waals surface area contributed by atoms with Crippen LogP contribution >= 0.6 is 23.5 Å². The fraction of sp³-hybridized carbons (Fsp3) is 0.500. The number of amides is 2. The van der Waals surface area contributed by atoms with E-state index in [-0.39, 0.29) is 24.3 Å². The number of aryl methyl sites for hydroxylation is 2. The van der Waals surface area contributed by atoms with Crippen molar-refractivity contribution in [3.05, 3.63) is 59.9 Å². The number of hydrogen-bond donors (Lipinski definition) is 2. The summed E-state index contributed by atoms with van der Waals surface area (Å²) in [4.78, 5) is 26.6. The van der Waals surface area contributed by atoms with Crippen molar-refractivity contribution in [1.82, 2.24) is 19.8 Å². The molecule has 4 heterocycles. The van der Waals surface area contributed by atoms with Crippen LogP contribution in [0.3, 0.4) is 0 Å². The van der Waals surface area contributed by atoms with Crippen LogP contribution in [0.25, 0.3) is 21.8 Å². The lowest BCUT2D eigenvalue weighted by molar-refractivity contribution is 0.0492. The van der Waals surface area contributed by atoms with E-state index < -0.39 is 11.2 Å². The molecular weight excluding hydrogens is 617 g/mol. The number of ether oxygens (including phenoxy) is 2. The summed E-state index contributed by atoms with van der Waals surface area (Å²) in [6.07, 6.45) is 5.75. The van der Waals surface area contributed by atoms with Crippen molar-refractivity contribution in [3.63, 3.8) is 0 Å². The highest BCUT2D eigenvalue weighted by molar-refractivity contribution is 7.99. The molecule has 8 nitrogen and oxygen atoms in total. The van der Waals surface area contributed by atoms with Crippen molar-refractivity contribution < 1.29 is 19.1 Å². The van der Waals surface area contributed by atoms with E-state index in [9.17, 15) is 9.59 Å². The second kappa shape index (κ2) is 13.9. The predicted molar refractivity (Wildman–Crippen MR) is 190 cm³/mol. The van der Waals surface area contributed by atoms with Gasteiger partial charge in [0.2, 0.25) is 0 Å². The maximum atomic E-state index is 11.9. The van der Waals surface area contributed by atoms with Crippen molar-refractivity contribution in [3.8, 4) is 0 Å². The molecule has 2 atom stereocenters. The van der Waals surface area contributed by atoms with E-state index in [4.69, 9.17) is 9.47 Å². The molecule has 0 unspecified atom stereocenters. The topological polar surface area (TPSA) is 86.5 Å². The summed E-state index contributed by atoms with van der Waals surface area (Å²) in [7, 11) is 0. The molecule has 10 heteroatoms. The number of benzene rings is 2. The number of rotatable bonds is 6. The SMILES string of the molecule is C[C@@H](Cn1ccc2ccc3c(c21)CCS3)NC(=O)OC(C)(C)C.C[C@@H](Cn1ccc2ccc3c(c21)CCS3)NC(=O)OC(C)(C)C. The first-order valence-corrected chi connectivity index (χ1v) is 18.1. The lowest BCUT2D eigenvalue weighted by Crippen LogP contribution is -2.39. The minimum atomic E-state index is -0.470. The highest BCUT2D eigenvalue weighted by Crippen LogP contribution is 2.38. The van der Waals surface area contributed by atoms with Crippen molar-refractivity contribution in [2.24, 2.45) is 0 Å². The maximum Gasteiger partial charge on any atom is 0.407 e. The zero-order chi connectivity index (χ0) is 33.2. The van der Waals surface area contributed by atoms with Gasteiger partial charge in [-0.25, -0.2) is 9.59 Å². The Bertz CT molecular complexity index is 1590. The molecule has 0 aliphatic carbocycles. The second-order valence-corrected chi connectivity index (χ2v) is 16.5. The first-order chi connectivity index (χ1) is 21.7. The molecule has 0 spiro atoms. The normalized spacial score (nSPS) is 15.5. The van der Waals surface area contributed by atoms with Crippen LogP contribution in [-0.2, 0) is 35.4 Å². The van der Waals surface area contributed by atoms with Crippen molar-refractivity contribution >= 4 is 57.5 Å². The highest BCUT2D eigenvalue weighted by Gasteiger charge is 2.22. The summed E-state index contributed by atoms with van der Waals surface area (Å²) in [5, 5.41) is 8.39. The molecule has 2 N–H and O–H groups in total. The Balaban J connectivity index is 0.000000181. The number of hydrogen-bond acceptors (Lipinski definition) is 6. The molecule has 2 aliphatic heterocycles. The van der Waals surface area contributed by atoms with Crippen molar-refractivity contribution in [2.75, 3.05) is 11.5 Å². The van der Waals surface area contributed by atoms with E-state index in [1.165, 1.54) is 42.7 Å². The predicted octanol–water partition coefficient (Wildman–Crippen LogP) is 8.41. The van der Waals surface area contributed by atoms with E-state index >= 15 is 0 Å². The monoisotopic (exact) mass is 664 g/mol. The molecule has 248 valence electrons. The van der Waals surface area contributed by atoms with Gasteiger partial charge in [-0.2, -0.15) is 0 Å². The van der Waals surface area contributed by atoms with E-state index in [2.05, 4.69) is 68.6 Å². The van der Waals surface area contributed by atoms with E-state index in [1.807, 2.05) is 78.9 Å². The lowest BCUT2D eigenvalue weighted by atomic mass is 10.1. The Hall–Kier alpha value is -3.24. The van der Waals surface area contributed by atoms with Crippen LogP contribution in [0.1, 0.15) is 66.5 Å². The molecule has 2 aromatic carbocycles. The summed E-state index contributed by atoms with van der Waals surface area (Å²) >= 11 is 3.86. The minimum Gasteiger partial charge on any atom is -0.444 e. The molecule has 0 saturated heterocycles. The largest absolute Gasteiger partial charge is 0.444 e. The average Bonchev–Trinajstić information content (AvgIpc) is 3.72. The Kier molecular flexibility index (Phi) is 10.3. The standard InChI is InChI=1S/2C18H24N2O2S/c2*1-12(19-17(21)22-18(2,3)4)11-20-9-7-13-5-6-15-14(16(13)20)8-10-23-15/h2*5-7,9,12H,8,10-11H2,1-4H3,(H,19,21)/t2*12-/m00/s1. The van der Waals surface area contributed by atoms with Gasteiger partial charge in [0.25, 0.3) is 0 Å². The van der Waals surface area contributed by atoms with Crippen LogP contribution in [0.2, 0.25) is 0 Å². The number of nitrogens with one attached hydrogen (secondary N) is 2. The number of thioether (sulfide) groups is 2. The second-order valence-electron chi connectivity index (χ2n) is 14.2. The Labute approximate surface area is 281 Å². The van der Waals surface area contributed by atoms with E-state index in [1.54, 1.807) is 0 Å². The fourth-order valence-electron chi connectivity index (χ4n) is 5.99. The Morgan fingerprint density at radius 2 is 1.09 bits per heavy atom. The van der Waals surface area contributed by atoms with Gasteiger partial charge < -0.3 is 29.2 Å². The Morgan fingerprint density at radius 3 is 1.46 bits per heavy atom. The number of fused-ring (bicyclic) bond motifs is 6. The molecule has 2 aromatic heterocycles. The molecule has 0 bridgehead atoms. The molecule has 0 radical (unpaired) electrons. The third kappa shape index (κ3) is 8.56. The first kappa shape index (κ1) is 34.1. The van der Waals surface area contributed by atoms with Crippen LogP contribution in [0.5, 0.6) is 0 Å². The number of nitrogens with zero attached hydrogens (tertiary/aromatic N) is 2. The maximum absolute atomic E-state index is 11.9. The van der Waals surface area contributed by atoms with Gasteiger partial charge in [-0.1, -0.05) is 12.1 Å². The summed E-state index contributed by atoms with van der Waals surface area (Å²) < 4.78 is 15.2. The molecule has 0 saturated carbocycles. The molecule has 2 aliphatic rings. The van der Waals surface area contributed by atoms with E-state index in [0.29, 0.717) is 0 Å². The average molecular weight is 665 g/mol. The summed E-state index contributed by atoms with van der Waals surface area (Å²) in [5.41, 5.74) is 4.57. The first-order valence-electron chi connectivity index (χ1n) is 16.1. The van der Waals surface area contributed by atoms with Gasteiger partial charge in [-0.15, -0.1) is 23.5 Å². The van der Waals surface area contributed by atoms with Gasteiger partial charge in [0.05, 0.1) is 11.0 Å². The molecule has 4 aromatic rings. The molecule has 6 rings (SSSR count). The molecule has 46 heavy (non-hydrogen) atoms. The lowest BCUT2D eigenvalue weighted by Gasteiger charge is -2.22. The third-order valence-corrected chi connectivity index (χ3v) is 9.87. The Morgan fingerprint density at radius 1 is 0.696 bits per heavy atom. The fourth-order valence-corrected chi connectivity index (χ4v) is 8.12. The van der Waals surface area contributed by atoms with Crippen molar-refractivity contribution in [1.29, 1.82) is 0 Å². The van der Waals surface area contributed by atoms with Gasteiger partial charge in [0.15, 0.2) is 0 Å². The van der Waals surface area contributed by atoms with Gasteiger partial charge in [0.1, 0.15) is 11.2 Å². The van der Waals surface area contributed by atoms with Crippen LogP contribution in [0.4, 0.5) is 9.59 Å². The number of aromatic nitrogens is 2. The van der Waals surface area contributed by atoms with Crippen LogP contribution < -0.4 is 10.6 Å². The zero-order valence-electron chi connectivity index (χ0n) is 28.4. The summed E-state index contributed by atoms with van der Waals surface area (Å²) in [6.45, 7) is 16.7. The minimum absolute atomic E-state index is 0.00497. The van der Waals surface area contributed by atoms with Gasteiger partial charge >= 0.3 is 12.2 Å². The number of carbonyl (C=O) groups is 2. The van der Waals surface area contributed by atoms with Gasteiger partial charge in [-0.3, -0.25) is 0 Å². The van der Waals surface area contributed by atoms with Crippen LogP contribution in [0, 0.1) is 0 Å². The highest BCUT2D eigenvalue weighted by atomic mass is 32.2. The molecule has 0 fully saturated rings. The van der Waals surface area contributed by atoms with Gasteiger partial charge in [-0.05, 0) is 114 Å². The van der Waals surface area contributed by atoms with Crippen molar-refractivity contribution in [2.45, 2.75) is 114 Å². The number of carbonyl (C=O) groups excluding carboxylic acids is 2. The van der Waals surface area contributed by atoms with Gasteiger partial charge in [0, 0.05) is 58.9 Å². The zero-order valence-corrected chi connectivity index (χ0v) is 30.0.